The molecule has 2 rings (SSSR count). The lowest BCUT2D eigenvalue weighted by Crippen LogP contribution is -2.40. The lowest BCUT2D eigenvalue weighted by atomic mass is 9.97. The molecule has 0 aliphatic carbocycles. The molecule has 0 aromatic heterocycles. The zero-order valence-electron chi connectivity index (χ0n) is 12.9. The predicted octanol–water partition coefficient (Wildman–Crippen LogP) is 2.92. The summed E-state index contributed by atoms with van der Waals surface area (Å²) in [4.78, 5) is 14.4. The molecule has 2 atom stereocenters. The van der Waals surface area contributed by atoms with E-state index in [1.807, 2.05) is 6.92 Å². The van der Waals surface area contributed by atoms with Gasteiger partial charge in [-0.25, -0.2) is 4.39 Å². The van der Waals surface area contributed by atoms with Crippen LogP contribution in [0.5, 0.6) is 0 Å². The molecule has 1 heterocycles. The van der Waals surface area contributed by atoms with E-state index < -0.39 is 0 Å². The predicted molar refractivity (Wildman–Crippen MR) is 82.7 cm³/mol. The second-order valence-electron chi connectivity index (χ2n) is 6.05. The van der Waals surface area contributed by atoms with Crippen LogP contribution in [0.1, 0.15) is 44.6 Å². The fourth-order valence-corrected chi connectivity index (χ4v) is 2.83. The lowest BCUT2D eigenvalue weighted by Gasteiger charge is -2.24. The highest BCUT2D eigenvalue weighted by Crippen LogP contribution is 2.19. The van der Waals surface area contributed by atoms with Crippen LogP contribution in [-0.2, 0) is 4.79 Å². The molecule has 0 saturated carbocycles. The Morgan fingerprint density at radius 3 is 2.48 bits per heavy atom. The average Bonchev–Trinajstić information content (AvgIpc) is 2.99. The number of halogens is 1. The van der Waals surface area contributed by atoms with Crippen LogP contribution in [0.3, 0.4) is 0 Å². The van der Waals surface area contributed by atoms with Gasteiger partial charge in [0, 0.05) is 19.0 Å². The summed E-state index contributed by atoms with van der Waals surface area (Å²) in [5.41, 5.74) is 0.999. The first-order chi connectivity index (χ1) is 10.1. The van der Waals surface area contributed by atoms with E-state index in [0.717, 1.165) is 18.7 Å². The normalized spacial score (nSPS) is 18.4. The Hall–Kier alpha value is -1.42. The number of rotatable bonds is 6. The van der Waals surface area contributed by atoms with Gasteiger partial charge >= 0.3 is 0 Å². The molecular weight excluding hydrogens is 267 g/mol. The van der Waals surface area contributed by atoms with Gasteiger partial charge in [-0.3, -0.25) is 9.69 Å². The van der Waals surface area contributed by atoms with Crippen molar-refractivity contribution >= 4 is 5.91 Å². The number of amides is 1. The SMILES string of the molecule is CC(CC(=O)NCC(C)N1CCCC1)c1ccc(F)cc1. The Bertz CT molecular complexity index is 454. The number of carbonyl (C=O) groups excluding carboxylic acids is 1. The van der Waals surface area contributed by atoms with Gasteiger partial charge in [0.2, 0.25) is 5.91 Å². The third-order valence-electron chi connectivity index (χ3n) is 4.29. The Balaban J connectivity index is 1.74. The first kappa shape index (κ1) is 16.0. The molecule has 0 radical (unpaired) electrons. The molecule has 2 unspecified atom stereocenters. The Kier molecular flexibility index (Phi) is 5.74. The lowest BCUT2D eigenvalue weighted by molar-refractivity contribution is -0.121. The van der Waals surface area contributed by atoms with Gasteiger partial charge in [0.25, 0.3) is 0 Å². The van der Waals surface area contributed by atoms with E-state index in [0.29, 0.717) is 19.0 Å². The average molecular weight is 292 g/mol. The Labute approximate surface area is 126 Å². The third kappa shape index (κ3) is 4.81. The van der Waals surface area contributed by atoms with Crippen LogP contribution < -0.4 is 5.32 Å². The van der Waals surface area contributed by atoms with Crippen LogP contribution in [0.25, 0.3) is 0 Å². The highest BCUT2D eigenvalue weighted by molar-refractivity contribution is 5.76. The van der Waals surface area contributed by atoms with Crippen molar-refractivity contribution < 1.29 is 9.18 Å². The number of nitrogens with zero attached hydrogens (tertiary/aromatic N) is 1. The van der Waals surface area contributed by atoms with E-state index in [4.69, 9.17) is 0 Å². The maximum Gasteiger partial charge on any atom is 0.220 e. The van der Waals surface area contributed by atoms with E-state index in [-0.39, 0.29) is 17.6 Å². The Morgan fingerprint density at radius 2 is 1.86 bits per heavy atom. The topological polar surface area (TPSA) is 32.3 Å². The smallest absolute Gasteiger partial charge is 0.220 e. The molecule has 1 amide bonds. The molecule has 1 N–H and O–H groups in total. The largest absolute Gasteiger partial charge is 0.355 e. The first-order valence-corrected chi connectivity index (χ1v) is 7.82. The summed E-state index contributed by atoms with van der Waals surface area (Å²) in [6, 6.07) is 6.79. The second-order valence-corrected chi connectivity index (χ2v) is 6.05. The van der Waals surface area contributed by atoms with E-state index in [9.17, 15) is 9.18 Å². The molecule has 1 fully saturated rings. The summed E-state index contributed by atoms with van der Waals surface area (Å²) in [7, 11) is 0. The molecule has 0 bridgehead atoms. The molecule has 1 aromatic carbocycles. The van der Waals surface area contributed by atoms with Crippen molar-refractivity contribution in [2.24, 2.45) is 0 Å². The van der Waals surface area contributed by atoms with Gasteiger partial charge in [-0.1, -0.05) is 19.1 Å². The molecule has 1 aromatic rings. The van der Waals surface area contributed by atoms with Crippen molar-refractivity contribution in [3.05, 3.63) is 35.6 Å². The minimum atomic E-state index is -0.241. The first-order valence-electron chi connectivity index (χ1n) is 7.82. The number of hydrogen-bond donors (Lipinski definition) is 1. The zero-order valence-corrected chi connectivity index (χ0v) is 12.9. The monoisotopic (exact) mass is 292 g/mol. The van der Waals surface area contributed by atoms with Crippen LogP contribution in [0.2, 0.25) is 0 Å². The molecule has 0 spiro atoms. The van der Waals surface area contributed by atoms with Gasteiger partial charge in [-0.15, -0.1) is 0 Å². The van der Waals surface area contributed by atoms with Gasteiger partial charge in [0.15, 0.2) is 0 Å². The molecule has 116 valence electrons. The second kappa shape index (κ2) is 7.55. The van der Waals surface area contributed by atoms with Crippen molar-refractivity contribution in [3.63, 3.8) is 0 Å². The maximum absolute atomic E-state index is 12.9. The van der Waals surface area contributed by atoms with Crippen LogP contribution in [0.15, 0.2) is 24.3 Å². The van der Waals surface area contributed by atoms with E-state index in [1.165, 1.54) is 25.0 Å². The summed E-state index contributed by atoms with van der Waals surface area (Å²) in [6.07, 6.45) is 2.97. The molecule has 1 aliphatic heterocycles. The van der Waals surface area contributed by atoms with Gasteiger partial charge in [0.1, 0.15) is 5.82 Å². The highest BCUT2D eigenvalue weighted by atomic mass is 19.1. The Morgan fingerprint density at radius 1 is 1.24 bits per heavy atom. The fourth-order valence-electron chi connectivity index (χ4n) is 2.83. The summed E-state index contributed by atoms with van der Waals surface area (Å²) < 4.78 is 12.9. The minimum Gasteiger partial charge on any atom is -0.355 e. The minimum absolute atomic E-state index is 0.0675. The standard InChI is InChI=1S/C17H25FN2O/c1-13(15-5-7-16(18)8-6-15)11-17(21)19-12-14(2)20-9-3-4-10-20/h5-8,13-14H,3-4,9-12H2,1-2H3,(H,19,21). The van der Waals surface area contributed by atoms with Crippen LogP contribution in [0, 0.1) is 5.82 Å². The van der Waals surface area contributed by atoms with E-state index in [1.54, 1.807) is 12.1 Å². The van der Waals surface area contributed by atoms with Crippen LogP contribution >= 0.6 is 0 Å². The summed E-state index contributed by atoms with van der Waals surface area (Å²) in [6.45, 7) is 7.15. The molecule has 3 nitrogen and oxygen atoms in total. The van der Waals surface area contributed by atoms with Crippen molar-refractivity contribution in [3.8, 4) is 0 Å². The van der Waals surface area contributed by atoms with Gasteiger partial charge in [-0.2, -0.15) is 0 Å². The molecule has 1 aliphatic rings. The molecule has 21 heavy (non-hydrogen) atoms. The van der Waals surface area contributed by atoms with Gasteiger partial charge in [-0.05, 0) is 56.5 Å². The van der Waals surface area contributed by atoms with E-state index in [2.05, 4.69) is 17.1 Å². The third-order valence-corrected chi connectivity index (χ3v) is 4.29. The highest BCUT2D eigenvalue weighted by Gasteiger charge is 2.19. The summed E-state index contributed by atoms with van der Waals surface area (Å²) >= 11 is 0. The van der Waals surface area contributed by atoms with Gasteiger partial charge in [0.05, 0.1) is 0 Å². The van der Waals surface area contributed by atoms with Crippen molar-refractivity contribution in [2.45, 2.75) is 45.1 Å². The van der Waals surface area contributed by atoms with E-state index >= 15 is 0 Å². The van der Waals surface area contributed by atoms with Crippen molar-refractivity contribution in [1.29, 1.82) is 0 Å². The van der Waals surface area contributed by atoms with Crippen molar-refractivity contribution in [1.82, 2.24) is 10.2 Å². The van der Waals surface area contributed by atoms with Crippen LogP contribution in [-0.4, -0.2) is 36.5 Å². The number of nitrogens with one attached hydrogen (secondary N) is 1. The molecular formula is C17H25FN2O. The number of likely N-dealkylation sites (tertiary alicyclic amines) is 1. The summed E-state index contributed by atoms with van der Waals surface area (Å²) in [5, 5.41) is 3.02. The maximum atomic E-state index is 12.9. The van der Waals surface area contributed by atoms with Gasteiger partial charge < -0.3 is 5.32 Å². The number of hydrogen-bond acceptors (Lipinski definition) is 2. The quantitative estimate of drug-likeness (QED) is 0.874. The van der Waals surface area contributed by atoms with Crippen molar-refractivity contribution in [2.75, 3.05) is 19.6 Å². The summed E-state index contributed by atoms with van der Waals surface area (Å²) in [5.74, 6) is -0.0691. The zero-order chi connectivity index (χ0) is 15.2. The molecule has 1 saturated heterocycles. The fraction of sp³-hybridized carbons (Fsp3) is 0.588. The van der Waals surface area contributed by atoms with Crippen LogP contribution in [0.4, 0.5) is 4.39 Å². The number of carbonyl (C=O) groups is 1. The molecule has 4 heteroatoms. The number of benzene rings is 1.